The summed E-state index contributed by atoms with van der Waals surface area (Å²) in [4.78, 5) is 2.09. The molecule has 1 fully saturated rings. The number of nitrogens with two attached hydrogens (primary N) is 1. The standard InChI is InChI=1S/C12H18BF3N3.K/c1-9-11(17)6-10(8-13(14,15)16)7-12(9)19-4-2-18-3-5-19;/h6-7,18H,2-5,8,17H2,1H3;/q-1;+1. The minimum Gasteiger partial charge on any atom is -0.449 e. The van der Waals surface area contributed by atoms with Gasteiger partial charge in [0.25, 0.3) is 0 Å². The number of rotatable bonds is 3. The van der Waals surface area contributed by atoms with Crippen LogP contribution in [0.3, 0.4) is 0 Å². The minimum absolute atomic E-state index is 0. The fraction of sp³-hybridized carbons (Fsp3) is 0.500. The summed E-state index contributed by atoms with van der Waals surface area (Å²) in [5, 5.41) is 3.22. The molecule has 2 rings (SSSR count). The zero-order valence-electron chi connectivity index (χ0n) is 11.9. The molecule has 1 aromatic carbocycles. The Balaban J connectivity index is 0.00000200. The van der Waals surface area contributed by atoms with E-state index >= 15 is 0 Å². The molecule has 0 radical (unpaired) electrons. The monoisotopic (exact) mass is 311 g/mol. The van der Waals surface area contributed by atoms with Gasteiger partial charge < -0.3 is 28.9 Å². The average molecular weight is 311 g/mol. The first-order chi connectivity index (χ1) is 8.87. The fourth-order valence-electron chi connectivity index (χ4n) is 2.40. The number of benzene rings is 1. The molecule has 106 valence electrons. The van der Waals surface area contributed by atoms with Crippen LogP contribution in [0.5, 0.6) is 0 Å². The summed E-state index contributed by atoms with van der Waals surface area (Å²) in [6.45, 7) is 0.290. The van der Waals surface area contributed by atoms with Crippen molar-refractivity contribution in [3.05, 3.63) is 23.3 Å². The smallest absolute Gasteiger partial charge is 0.449 e. The number of halogens is 3. The number of anilines is 2. The van der Waals surface area contributed by atoms with Crippen LogP contribution in [0.2, 0.25) is 0 Å². The summed E-state index contributed by atoms with van der Waals surface area (Å²) < 4.78 is 37.6. The van der Waals surface area contributed by atoms with E-state index in [9.17, 15) is 12.9 Å². The summed E-state index contributed by atoms with van der Waals surface area (Å²) >= 11 is 0. The molecule has 0 spiro atoms. The Morgan fingerprint density at radius 2 is 1.85 bits per heavy atom. The summed E-state index contributed by atoms with van der Waals surface area (Å²) in [6, 6.07) is 3.07. The van der Waals surface area contributed by atoms with Crippen molar-refractivity contribution in [2.24, 2.45) is 0 Å². The maximum Gasteiger partial charge on any atom is 1.00 e. The van der Waals surface area contributed by atoms with Gasteiger partial charge in [-0.2, -0.15) is 0 Å². The third-order valence-electron chi connectivity index (χ3n) is 3.41. The van der Waals surface area contributed by atoms with Crippen molar-refractivity contribution in [1.29, 1.82) is 0 Å². The molecule has 3 nitrogen and oxygen atoms in total. The zero-order chi connectivity index (χ0) is 14.0. The van der Waals surface area contributed by atoms with Crippen molar-refractivity contribution in [3.8, 4) is 0 Å². The van der Waals surface area contributed by atoms with Crippen molar-refractivity contribution >= 4 is 18.4 Å². The molecule has 0 atom stereocenters. The van der Waals surface area contributed by atoms with Crippen molar-refractivity contribution in [2.75, 3.05) is 36.8 Å². The number of hydrogen-bond donors (Lipinski definition) is 2. The van der Waals surface area contributed by atoms with Crippen LogP contribution in [0, 0.1) is 6.92 Å². The number of piperazine rings is 1. The zero-order valence-corrected chi connectivity index (χ0v) is 15.0. The molecule has 1 aromatic rings. The van der Waals surface area contributed by atoms with Gasteiger partial charge in [-0.15, -0.1) is 0 Å². The fourth-order valence-corrected chi connectivity index (χ4v) is 2.40. The summed E-state index contributed by atoms with van der Waals surface area (Å²) in [6.07, 6.45) is -0.871. The Hall–Kier alpha value is 0.271. The summed E-state index contributed by atoms with van der Waals surface area (Å²) in [5.74, 6) is 0. The van der Waals surface area contributed by atoms with Crippen molar-refractivity contribution in [3.63, 3.8) is 0 Å². The quantitative estimate of drug-likeness (QED) is 0.551. The molecule has 1 aliphatic heterocycles. The third-order valence-corrected chi connectivity index (χ3v) is 3.41. The van der Waals surface area contributed by atoms with Crippen LogP contribution in [0.25, 0.3) is 0 Å². The van der Waals surface area contributed by atoms with Crippen LogP contribution in [-0.2, 0) is 6.32 Å². The van der Waals surface area contributed by atoms with Gasteiger partial charge in [0.05, 0.1) is 0 Å². The Morgan fingerprint density at radius 3 is 2.40 bits per heavy atom. The van der Waals surface area contributed by atoms with Crippen LogP contribution in [0.15, 0.2) is 12.1 Å². The van der Waals surface area contributed by atoms with Crippen LogP contribution in [0.1, 0.15) is 11.1 Å². The average Bonchev–Trinajstić information content (AvgIpc) is 2.33. The van der Waals surface area contributed by atoms with Crippen LogP contribution >= 0.6 is 0 Å². The Kier molecular flexibility index (Phi) is 6.88. The Labute approximate surface area is 159 Å². The molecule has 3 N–H and O–H groups in total. The molecule has 0 unspecified atom stereocenters. The van der Waals surface area contributed by atoms with Crippen molar-refractivity contribution < 1.29 is 64.3 Å². The normalized spacial score (nSPS) is 15.9. The largest absolute Gasteiger partial charge is 1.00 e. The number of nitrogens with zero attached hydrogens (tertiary/aromatic N) is 1. The second-order valence-corrected chi connectivity index (χ2v) is 4.98. The first-order valence-electron chi connectivity index (χ1n) is 6.42. The van der Waals surface area contributed by atoms with E-state index in [1.165, 1.54) is 6.07 Å². The molecule has 0 saturated carbocycles. The van der Waals surface area contributed by atoms with Gasteiger partial charge in [0.1, 0.15) is 0 Å². The molecule has 1 heterocycles. The summed E-state index contributed by atoms with van der Waals surface area (Å²) in [5.41, 5.74) is 8.23. The van der Waals surface area contributed by atoms with Gasteiger partial charge >= 0.3 is 58.4 Å². The predicted molar refractivity (Wildman–Crippen MR) is 73.5 cm³/mol. The topological polar surface area (TPSA) is 41.3 Å². The van der Waals surface area contributed by atoms with E-state index < -0.39 is 13.3 Å². The minimum atomic E-state index is -4.83. The number of hydrogen-bond acceptors (Lipinski definition) is 3. The van der Waals surface area contributed by atoms with Gasteiger partial charge in [0.2, 0.25) is 0 Å². The third kappa shape index (κ3) is 4.92. The van der Waals surface area contributed by atoms with Crippen molar-refractivity contribution in [2.45, 2.75) is 13.2 Å². The van der Waals surface area contributed by atoms with E-state index in [4.69, 9.17) is 5.73 Å². The van der Waals surface area contributed by atoms with Gasteiger partial charge in [-0.25, -0.2) is 0 Å². The van der Waals surface area contributed by atoms with Gasteiger partial charge in [-0.05, 0) is 24.6 Å². The van der Waals surface area contributed by atoms with Gasteiger partial charge in [0, 0.05) is 37.6 Å². The Bertz CT molecular complexity index is 462. The SMILES string of the molecule is Cc1c(N)cc(C[B-](F)(F)F)cc1N1CCNCC1.[K+]. The predicted octanol–water partition coefficient (Wildman–Crippen LogP) is -1.08. The molecular weight excluding hydrogens is 293 g/mol. The first-order valence-corrected chi connectivity index (χ1v) is 6.42. The Morgan fingerprint density at radius 1 is 1.25 bits per heavy atom. The van der Waals surface area contributed by atoms with Gasteiger partial charge in [-0.3, -0.25) is 0 Å². The molecule has 0 bridgehead atoms. The molecule has 20 heavy (non-hydrogen) atoms. The second kappa shape index (κ2) is 7.51. The molecule has 1 saturated heterocycles. The second-order valence-electron chi connectivity index (χ2n) is 4.98. The van der Waals surface area contributed by atoms with Gasteiger partial charge in [0.15, 0.2) is 0 Å². The van der Waals surface area contributed by atoms with E-state index in [1.54, 1.807) is 6.07 Å². The van der Waals surface area contributed by atoms with Crippen LogP contribution in [0.4, 0.5) is 24.3 Å². The van der Waals surface area contributed by atoms with E-state index in [-0.39, 0.29) is 56.9 Å². The molecule has 0 amide bonds. The maximum atomic E-state index is 12.5. The van der Waals surface area contributed by atoms with Crippen LogP contribution < -0.4 is 67.3 Å². The molecule has 8 heteroatoms. The molecular formula is C12H18BF3KN3. The van der Waals surface area contributed by atoms with E-state index in [0.717, 1.165) is 37.4 Å². The van der Waals surface area contributed by atoms with Gasteiger partial charge in [-0.1, -0.05) is 11.9 Å². The number of nitrogens with one attached hydrogen (secondary N) is 1. The maximum absolute atomic E-state index is 12.5. The molecule has 1 aliphatic rings. The summed E-state index contributed by atoms with van der Waals surface area (Å²) in [7, 11) is 0. The first kappa shape index (κ1) is 18.3. The molecule has 0 aromatic heterocycles. The van der Waals surface area contributed by atoms with E-state index in [0.29, 0.717) is 5.69 Å². The number of nitrogen functional groups attached to an aromatic ring is 1. The van der Waals surface area contributed by atoms with E-state index in [2.05, 4.69) is 10.2 Å². The molecule has 0 aliphatic carbocycles. The van der Waals surface area contributed by atoms with E-state index in [1.807, 2.05) is 6.92 Å². The van der Waals surface area contributed by atoms with Crippen LogP contribution in [-0.4, -0.2) is 33.2 Å². The van der Waals surface area contributed by atoms with Crippen molar-refractivity contribution in [1.82, 2.24) is 5.32 Å².